The van der Waals surface area contributed by atoms with Gasteiger partial charge >= 0.3 is 11.9 Å². The number of esters is 2. The Kier molecular flexibility index (Phi) is 17.2. The fourth-order valence-corrected chi connectivity index (χ4v) is 6.77. The summed E-state index contributed by atoms with van der Waals surface area (Å²) in [5.74, 6) is -3.30. The van der Waals surface area contributed by atoms with E-state index in [2.05, 4.69) is 19.6 Å². The Hall–Kier alpha value is -2.90. The van der Waals surface area contributed by atoms with Crippen molar-refractivity contribution in [2.24, 2.45) is 23.2 Å². The summed E-state index contributed by atoms with van der Waals surface area (Å²) >= 11 is 0. The van der Waals surface area contributed by atoms with E-state index in [0.717, 1.165) is 0 Å². The summed E-state index contributed by atoms with van der Waals surface area (Å²) in [6.45, 7) is 12.9. The molecule has 292 valence electrons. The summed E-state index contributed by atoms with van der Waals surface area (Å²) in [5, 5.41) is 52.5. The van der Waals surface area contributed by atoms with Crippen LogP contribution in [0.15, 0.2) is 72.9 Å². The first-order chi connectivity index (χ1) is 24.5. The zero-order valence-corrected chi connectivity index (χ0v) is 31.5. The maximum absolute atomic E-state index is 13.0. The van der Waals surface area contributed by atoms with Crippen LogP contribution in [0.3, 0.4) is 0 Å². The lowest BCUT2D eigenvalue weighted by Crippen LogP contribution is -2.55. The SMILES string of the molecule is C=C(COC(=O)C(O)C/C=C\C[C@@H]1O[C@@H]2/C=C/C/C=C/C(C)C[C@H]3O[C@@H](C/C=C/C=C/C(=O)O[C@H](C2)[C@@]1(C)CO)CC(O)(O)[C@H]3C)C(O)CC(C)C. The smallest absolute Gasteiger partial charge is 0.335 e. The molecule has 3 aliphatic heterocycles. The molecule has 3 unspecified atom stereocenters. The van der Waals surface area contributed by atoms with Crippen molar-refractivity contribution in [1.29, 1.82) is 0 Å². The van der Waals surface area contributed by atoms with Crippen molar-refractivity contribution >= 4 is 11.9 Å². The molecule has 2 fully saturated rings. The maximum Gasteiger partial charge on any atom is 0.335 e. The molecule has 0 aliphatic carbocycles. The van der Waals surface area contributed by atoms with Crippen LogP contribution in [-0.4, -0.2) is 99.2 Å². The fourth-order valence-electron chi connectivity index (χ4n) is 6.77. The lowest BCUT2D eigenvalue weighted by molar-refractivity contribution is -0.279. The minimum absolute atomic E-state index is 0.0133. The van der Waals surface area contributed by atoms with E-state index >= 15 is 0 Å². The summed E-state index contributed by atoms with van der Waals surface area (Å²) in [5.41, 5.74) is -0.587. The van der Waals surface area contributed by atoms with Crippen molar-refractivity contribution in [3.63, 3.8) is 0 Å². The van der Waals surface area contributed by atoms with Crippen molar-refractivity contribution in [2.75, 3.05) is 13.2 Å². The van der Waals surface area contributed by atoms with Crippen LogP contribution in [-0.2, 0) is 28.5 Å². The number of aliphatic hydroxyl groups is 5. The number of hydrogen-bond donors (Lipinski definition) is 5. The molecule has 5 N–H and O–H groups in total. The van der Waals surface area contributed by atoms with Crippen LogP contribution >= 0.6 is 0 Å². The molecule has 2 saturated heterocycles. The molecule has 3 aliphatic rings. The first-order valence-electron chi connectivity index (χ1n) is 18.6. The number of carbonyl (C=O) groups is 2. The number of ether oxygens (including phenoxy) is 4. The number of carbonyl (C=O) groups excluding carboxylic acids is 2. The van der Waals surface area contributed by atoms with Crippen molar-refractivity contribution in [3.05, 3.63) is 72.9 Å². The molecule has 0 aromatic carbocycles. The third kappa shape index (κ3) is 13.2. The Morgan fingerprint density at radius 1 is 1.06 bits per heavy atom. The highest BCUT2D eigenvalue weighted by Crippen LogP contribution is 2.41. The van der Waals surface area contributed by atoms with Gasteiger partial charge in [-0.1, -0.05) is 95.9 Å². The highest BCUT2D eigenvalue weighted by atomic mass is 16.6. The van der Waals surface area contributed by atoms with Crippen LogP contribution in [0.25, 0.3) is 0 Å². The van der Waals surface area contributed by atoms with Gasteiger partial charge in [-0.25, -0.2) is 9.59 Å². The molecule has 3 heterocycles. The van der Waals surface area contributed by atoms with E-state index in [1.807, 2.05) is 45.1 Å². The molecule has 10 atom stereocenters. The zero-order valence-electron chi connectivity index (χ0n) is 31.5. The Morgan fingerprint density at radius 3 is 2.50 bits per heavy atom. The first kappa shape index (κ1) is 43.5. The molecule has 3 rings (SSSR count). The molecule has 0 radical (unpaired) electrons. The molecular formula is C41H62O11. The molecule has 4 bridgehead atoms. The Morgan fingerprint density at radius 2 is 1.79 bits per heavy atom. The number of allylic oxidation sites excluding steroid dienone is 5. The molecule has 0 saturated carbocycles. The molecule has 52 heavy (non-hydrogen) atoms. The second kappa shape index (κ2) is 20.5. The van der Waals surface area contributed by atoms with E-state index in [4.69, 9.17) is 18.9 Å². The fraction of sp³-hybridized carbons (Fsp3) is 0.659. The molecule has 0 aromatic rings. The maximum atomic E-state index is 13.0. The molecule has 0 amide bonds. The van der Waals surface area contributed by atoms with Crippen LogP contribution in [0.4, 0.5) is 0 Å². The molecule has 11 heteroatoms. The highest BCUT2D eigenvalue weighted by Gasteiger charge is 2.49. The largest absolute Gasteiger partial charge is 0.459 e. The van der Waals surface area contributed by atoms with Gasteiger partial charge in [0.2, 0.25) is 0 Å². The molecule has 11 nitrogen and oxygen atoms in total. The summed E-state index contributed by atoms with van der Waals surface area (Å²) in [6, 6.07) is 0. The van der Waals surface area contributed by atoms with E-state index in [1.165, 1.54) is 6.08 Å². The number of fused-ring (bicyclic) bond motifs is 4. The summed E-state index contributed by atoms with van der Waals surface area (Å²) in [4.78, 5) is 25.3. The highest BCUT2D eigenvalue weighted by molar-refractivity contribution is 5.82. The quantitative estimate of drug-likeness (QED) is 0.113. The normalized spacial score (nSPS) is 35.1. The van der Waals surface area contributed by atoms with Gasteiger partial charge in [0, 0.05) is 31.3 Å². The van der Waals surface area contributed by atoms with E-state index in [9.17, 15) is 35.1 Å². The minimum Gasteiger partial charge on any atom is -0.459 e. The number of aliphatic hydroxyl groups excluding tert-OH is 3. The second-order valence-corrected chi connectivity index (χ2v) is 15.4. The van der Waals surface area contributed by atoms with Crippen LogP contribution in [0.2, 0.25) is 0 Å². The molecule has 0 aromatic heterocycles. The van der Waals surface area contributed by atoms with E-state index in [1.54, 1.807) is 31.2 Å². The third-order valence-electron chi connectivity index (χ3n) is 10.3. The van der Waals surface area contributed by atoms with Gasteiger partial charge in [-0.3, -0.25) is 0 Å². The Labute approximate surface area is 309 Å². The first-order valence-corrected chi connectivity index (χ1v) is 18.6. The van der Waals surface area contributed by atoms with Gasteiger partial charge in [-0.15, -0.1) is 0 Å². The van der Waals surface area contributed by atoms with Gasteiger partial charge in [-0.05, 0) is 49.5 Å². The topological polar surface area (TPSA) is 172 Å². The van der Waals surface area contributed by atoms with Gasteiger partial charge in [0.05, 0.1) is 42.5 Å². The second-order valence-electron chi connectivity index (χ2n) is 15.4. The average molecular weight is 731 g/mol. The van der Waals surface area contributed by atoms with Crippen LogP contribution in [0.5, 0.6) is 0 Å². The Balaban J connectivity index is 1.70. The van der Waals surface area contributed by atoms with Gasteiger partial charge < -0.3 is 44.5 Å². The third-order valence-corrected chi connectivity index (χ3v) is 10.3. The van der Waals surface area contributed by atoms with Crippen molar-refractivity contribution < 1.29 is 54.1 Å². The number of hydrogen-bond acceptors (Lipinski definition) is 11. The summed E-state index contributed by atoms with van der Waals surface area (Å²) in [7, 11) is 0. The van der Waals surface area contributed by atoms with Crippen LogP contribution in [0.1, 0.15) is 86.0 Å². The summed E-state index contributed by atoms with van der Waals surface area (Å²) < 4.78 is 23.8. The average Bonchev–Trinajstić information content (AvgIpc) is 3.07. The predicted octanol–water partition coefficient (Wildman–Crippen LogP) is 4.78. The standard InChI is InChI=1S/C41H62O11/c1-27(2)21-34(44)29(4)25-49-39(46)33(43)18-13-14-19-36-40(6,26-42)37-23-31(51-36)16-10-7-9-15-28(3)22-35-30(5)41(47,48)24-32(50-35)17-11-8-12-20-38(45)52-37/h8-16,20,27-28,30-37,42-44,47-48H,4,7,17-19,21-26H2,1-3,5-6H3/b11-8+,14-13-,15-9+,16-10+,20-12+/t28?,30-,31+,32-,33?,34?,35+,36-,37+,40-/m0/s1. The van der Waals surface area contributed by atoms with Gasteiger partial charge in [-0.2, -0.15) is 0 Å². The Bertz CT molecular complexity index is 1310. The minimum atomic E-state index is -1.83. The lowest BCUT2D eigenvalue weighted by Gasteiger charge is -2.47. The van der Waals surface area contributed by atoms with Gasteiger partial charge in [0.15, 0.2) is 11.9 Å². The predicted molar refractivity (Wildman–Crippen MR) is 197 cm³/mol. The monoisotopic (exact) mass is 730 g/mol. The van der Waals surface area contributed by atoms with Crippen molar-refractivity contribution in [2.45, 2.75) is 135 Å². The summed E-state index contributed by atoms with van der Waals surface area (Å²) in [6.07, 6.45) is 16.2. The van der Waals surface area contributed by atoms with E-state index in [-0.39, 0.29) is 50.1 Å². The van der Waals surface area contributed by atoms with E-state index < -0.39 is 59.6 Å². The van der Waals surface area contributed by atoms with Gasteiger partial charge in [0.25, 0.3) is 0 Å². The van der Waals surface area contributed by atoms with Crippen LogP contribution in [0, 0.1) is 23.2 Å². The van der Waals surface area contributed by atoms with E-state index in [0.29, 0.717) is 44.1 Å². The molecule has 0 spiro atoms. The van der Waals surface area contributed by atoms with Crippen molar-refractivity contribution in [1.82, 2.24) is 0 Å². The zero-order chi connectivity index (χ0) is 38.5. The van der Waals surface area contributed by atoms with Crippen molar-refractivity contribution in [3.8, 4) is 0 Å². The molecular weight excluding hydrogens is 668 g/mol. The van der Waals surface area contributed by atoms with Gasteiger partial charge in [0.1, 0.15) is 12.7 Å². The van der Waals surface area contributed by atoms with Crippen LogP contribution < -0.4 is 0 Å². The lowest BCUT2D eigenvalue weighted by atomic mass is 9.73. The number of rotatable bonds is 11.